The Bertz CT molecular complexity index is 363. The number of aromatic nitrogens is 2. The summed E-state index contributed by atoms with van der Waals surface area (Å²) in [5.41, 5.74) is 8.07. The highest BCUT2D eigenvalue weighted by molar-refractivity contribution is 5.50. The number of hydrogen-bond acceptors (Lipinski definition) is 3. The molecule has 4 heteroatoms. The Morgan fingerprint density at radius 3 is 2.62 bits per heavy atom. The number of nitrogens with zero attached hydrogens (tertiary/aromatic N) is 3. The fraction of sp³-hybridized carbons (Fsp3) is 0.750. The van der Waals surface area contributed by atoms with E-state index in [9.17, 15) is 0 Å². The first kappa shape index (κ1) is 11.5. The number of hydrogen-bond donors (Lipinski definition) is 1. The van der Waals surface area contributed by atoms with Gasteiger partial charge in [0, 0.05) is 32.2 Å². The standard InChI is InChI=1S/C12H22N4/c1-9-11(8-13)12(16(3)14-9)15(2)10-6-4-5-7-10/h10H,4-8,13H2,1-3H3. The van der Waals surface area contributed by atoms with E-state index in [1.54, 1.807) is 0 Å². The van der Waals surface area contributed by atoms with Crippen molar-refractivity contribution in [3.05, 3.63) is 11.3 Å². The fourth-order valence-electron chi connectivity index (χ4n) is 2.83. The molecule has 1 fully saturated rings. The Morgan fingerprint density at radius 1 is 1.44 bits per heavy atom. The number of rotatable bonds is 3. The van der Waals surface area contributed by atoms with Gasteiger partial charge in [-0.15, -0.1) is 0 Å². The minimum absolute atomic E-state index is 0.575. The molecule has 2 N–H and O–H groups in total. The lowest BCUT2D eigenvalue weighted by Gasteiger charge is -2.27. The topological polar surface area (TPSA) is 47.1 Å². The summed E-state index contributed by atoms with van der Waals surface area (Å²) in [6, 6.07) is 0.667. The van der Waals surface area contributed by atoms with Crippen LogP contribution in [0.5, 0.6) is 0 Å². The molecule has 0 bridgehead atoms. The quantitative estimate of drug-likeness (QED) is 0.844. The van der Waals surface area contributed by atoms with Crippen LogP contribution >= 0.6 is 0 Å². The maximum atomic E-state index is 5.82. The molecule has 0 aliphatic heterocycles. The maximum absolute atomic E-state index is 5.82. The second kappa shape index (κ2) is 4.45. The van der Waals surface area contributed by atoms with E-state index < -0.39 is 0 Å². The summed E-state index contributed by atoms with van der Waals surface area (Å²) >= 11 is 0. The largest absolute Gasteiger partial charge is 0.357 e. The van der Waals surface area contributed by atoms with E-state index in [0.29, 0.717) is 12.6 Å². The third-order valence-corrected chi connectivity index (χ3v) is 3.72. The van der Waals surface area contributed by atoms with E-state index in [4.69, 9.17) is 5.73 Å². The van der Waals surface area contributed by atoms with Gasteiger partial charge >= 0.3 is 0 Å². The van der Waals surface area contributed by atoms with Crippen molar-refractivity contribution < 1.29 is 0 Å². The highest BCUT2D eigenvalue weighted by Crippen LogP contribution is 2.29. The molecule has 1 aromatic heterocycles. The summed E-state index contributed by atoms with van der Waals surface area (Å²) in [7, 11) is 4.18. The molecule has 4 nitrogen and oxygen atoms in total. The Balaban J connectivity index is 2.30. The third kappa shape index (κ3) is 1.82. The molecule has 1 heterocycles. The second-order valence-corrected chi connectivity index (χ2v) is 4.76. The van der Waals surface area contributed by atoms with Crippen LogP contribution in [-0.2, 0) is 13.6 Å². The molecule has 2 rings (SSSR count). The van der Waals surface area contributed by atoms with E-state index in [2.05, 4.69) is 17.0 Å². The molecular weight excluding hydrogens is 200 g/mol. The average Bonchev–Trinajstić information content (AvgIpc) is 2.84. The van der Waals surface area contributed by atoms with Crippen LogP contribution in [0.15, 0.2) is 0 Å². The van der Waals surface area contributed by atoms with Gasteiger partial charge in [-0.05, 0) is 19.8 Å². The van der Waals surface area contributed by atoms with Gasteiger partial charge in [-0.3, -0.25) is 4.68 Å². The molecule has 0 radical (unpaired) electrons. The van der Waals surface area contributed by atoms with E-state index in [1.807, 2.05) is 18.7 Å². The zero-order chi connectivity index (χ0) is 11.7. The van der Waals surface area contributed by atoms with Crippen molar-refractivity contribution in [2.24, 2.45) is 12.8 Å². The van der Waals surface area contributed by atoms with Gasteiger partial charge in [0.1, 0.15) is 5.82 Å². The summed E-state index contributed by atoms with van der Waals surface area (Å²) in [5.74, 6) is 1.20. The van der Waals surface area contributed by atoms with E-state index in [-0.39, 0.29) is 0 Å². The van der Waals surface area contributed by atoms with Crippen molar-refractivity contribution in [1.82, 2.24) is 9.78 Å². The summed E-state index contributed by atoms with van der Waals surface area (Å²) in [5, 5.41) is 4.47. The molecular formula is C12H22N4. The molecule has 0 unspecified atom stereocenters. The Kier molecular flexibility index (Phi) is 3.19. The molecule has 1 aromatic rings. The van der Waals surface area contributed by atoms with Crippen molar-refractivity contribution in [2.75, 3.05) is 11.9 Å². The van der Waals surface area contributed by atoms with Crippen molar-refractivity contribution in [1.29, 1.82) is 0 Å². The van der Waals surface area contributed by atoms with Crippen LogP contribution in [0.4, 0.5) is 5.82 Å². The fourth-order valence-corrected chi connectivity index (χ4v) is 2.83. The predicted molar refractivity (Wildman–Crippen MR) is 66.5 cm³/mol. The summed E-state index contributed by atoms with van der Waals surface area (Å²) in [6.45, 7) is 2.61. The zero-order valence-electron chi connectivity index (χ0n) is 10.5. The average molecular weight is 222 g/mol. The van der Waals surface area contributed by atoms with Gasteiger partial charge in [-0.25, -0.2) is 0 Å². The summed E-state index contributed by atoms with van der Waals surface area (Å²) < 4.78 is 1.97. The molecule has 16 heavy (non-hydrogen) atoms. The number of aryl methyl sites for hydroxylation is 2. The van der Waals surface area contributed by atoms with Crippen LogP contribution in [0.3, 0.4) is 0 Å². The molecule has 90 valence electrons. The van der Waals surface area contributed by atoms with Crippen LogP contribution in [0.2, 0.25) is 0 Å². The van der Waals surface area contributed by atoms with Crippen LogP contribution < -0.4 is 10.6 Å². The van der Waals surface area contributed by atoms with Crippen molar-refractivity contribution in [2.45, 2.75) is 45.2 Å². The summed E-state index contributed by atoms with van der Waals surface area (Å²) in [4.78, 5) is 2.37. The minimum Gasteiger partial charge on any atom is -0.357 e. The molecule has 1 aliphatic carbocycles. The smallest absolute Gasteiger partial charge is 0.131 e. The van der Waals surface area contributed by atoms with E-state index >= 15 is 0 Å². The first-order valence-electron chi connectivity index (χ1n) is 6.10. The molecule has 0 aromatic carbocycles. The lowest BCUT2D eigenvalue weighted by atomic mass is 10.2. The Labute approximate surface area is 97.4 Å². The van der Waals surface area contributed by atoms with Crippen LogP contribution in [-0.4, -0.2) is 22.9 Å². The lowest BCUT2D eigenvalue weighted by molar-refractivity contribution is 0.619. The normalized spacial score (nSPS) is 17.0. The van der Waals surface area contributed by atoms with Crippen molar-refractivity contribution in [3.8, 4) is 0 Å². The molecule has 0 spiro atoms. The summed E-state index contributed by atoms with van der Waals surface area (Å²) in [6.07, 6.45) is 5.29. The van der Waals surface area contributed by atoms with Gasteiger partial charge in [-0.1, -0.05) is 12.8 Å². The number of anilines is 1. The highest BCUT2D eigenvalue weighted by Gasteiger charge is 2.24. The van der Waals surface area contributed by atoms with Crippen molar-refractivity contribution >= 4 is 5.82 Å². The first-order valence-corrected chi connectivity index (χ1v) is 6.10. The van der Waals surface area contributed by atoms with Gasteiger partial charge in [0.25, 0.3) is 0 Å². The van der Waals surface area contributed by atoms with Crippen molar-refractivity contribution in [3.63, 3.8) is 0 Å². The third-order valence-electron chi connectivity index (χ3n) is 3.72. The SMILES string of the molecule is Cc1nn(C)c(N(C)C2CCCC2)c1CN. The van der Waals surface area contributed by atoms with Gasteiger partial charge in [0.2, 0.25) is 0 Å². The van der Waals surface area contributed by atoms with E-state index in [0.717, 1.165) is 5.69 Å². The van der Waals surface area contributed by atoms with Crippen LogP contribution in [0.1, 0.15) is 36.9 Å². The van der Waals surface area contributed by atoms with Gasteiger partial charge in [-0.2, -0.15) is 5.10 Å². The highest BCUT2D eigenvalue weighted by atomic mass is 15.4. The molecule has 1 saturated carbocycles. The second-order valence-electron chi connectivity index (χ2n) is 4.76. The molecule has 1 aliphatic rings. The minimum atomic E-state index is 0.575. The monoisotopic (exact) mass is 222 g/mol. The van der Waals surface area contributed by atoms with Crippen LogP contribution in [0, 0.1) is 6.92 Å². The maximum Gasteiger partial charge on any atom is 0.131 e. The first-order chi connectivity index (χ1) is 7.65. The number of nitrogens with two attached hydrogens (primary N) is 1. The van der Waals surface area contributed by atoms with Gasteiger partial charge < -0.3 is 10.6 Å². The van der Waals surface area contributed by atoms with Gasteiger partial charge in [0.05, 0.1) is 5.69 Å². The lowest BCUT2D eigenvalue weighted by Crippen LogP contribution is -2.31. The Morgan fingerprint density at radius 2 is 2.06 bits per heavy atom. The predicted octanol–water partition coefficient (Wildman–Crippen LogP) is 1.57. The molecule has 0 saturated heterocycles. The van der Waals surface area contributed by atoms with Crippen LogP contribution in [0.25, 0.3) is 0 Å². The molecule has 0 amide bonds. The Hall–Kier alpha value is -1.03. The molecule has 0 atom stereocenters. The van der Waals surface area contributed by atoms with E-state index in [1.165, 1.54) is 37.1 Å². The van der Waals surface area contributed by atoms with Gasteiger partial charge in [0.15, 0.2) is 0 Å². The zero-order valence-corrected chi connectivity index (χ0v) is 10.5.